The highest BCUT2D eigenvalue weighted by Crippen LogP contribution is 1.98. The lowest BCUT2D eigenvalue weighted by Crippen LogP contribution is -2.48. The van der Waals surface area contributed by atoms with Gasteiger partial charge in [-0.25, -0.2) is 0 Å². The molecule has 0 spiro atoms. The molecule has 1 unspecified atom stereocenters. The van der Waals surface area contributed by atoms with Crippen LogP contribution in [0.1, 0.15) is 19.3 Å². The lowest BCUT2D eigenvalue weighted by atomic mass is 10.1. The van der Waals surface area contributed by atoms with E-state index in [4.69, 9.17) is 22.4 Å². The maximum Gasteiger partial charge on any atom is 0.322 e. The van der Waals surface area contributed by atoms with E-state index >= 15 is 0 Å². The van der Waals surface area contributed by atoms with Gasteiger partial charge in [-0.3, -0.25) is 19.2 Å². The summed E-state index contributed by atoms with van der Waals surface area (Å²) in [4.78, 5) is 44.0. The molecule has 6 N–H and O–H groups in total. The van der Waals surface area contributed by atoms with Crippen LogP contribution in [-0.4, -0.2) is 52.6 Å². The number of rotatable bonds is 9. The Kier molecular flexibility index (Phi) is 8.17. The van der Waals surface area contributed by atoms with E-state index in [1.165, 1.54) is 0 Å². The molecule has 0 aliphatic heterocycles. The van der Waals surface area contributed by atoms with Crippen molar-refractivity contribution in [1.29, 1.82) is 0 Å². The van der Waals surface area contributed by atoms with Gasteiger partial charge in [0.2, 0.25) is 11.8 Å². The van der Waals surface area contributed by atoms with Gasteiger partial charge < -0.3 is 26.6 Å². The zero-order chi connectivity index (χ0) is 16.4. The first-order chi connectivity index (χ1) is 9.77. The first-order valence-electron chi connectivity index (χ1n) is 5.98. The van der Waals surface area contributed by atoms with Gasteiger partial charge in [0.25, 0.3) is 0 Å². The Morgan fingerprint density at radius 2 is 1.86 bits per heavy atom. The molecule has 21 heavy (non-hydrogen) atoms. The first kappa shape index (κ1) is 18.4. The Bertz CT molecular complexity index is 456. The Labute approximate surface area is 120 Å². The van der Waals surface area contributed by atoms with E-state index in [1.807, 2.05) is 0 Å². The molecule has 0 saturated heterocycles. The third-order valence-corrected chi connectivity index (χ3v) is 2.39. The molecule has 0 bridgehead atoms. The Balaban J connectivity index is 4.39. The van der Waals surface area contributed by atoms with Crippen LogP contribution in [-0.2, 0) is 19.2 Å². The quantitative estimate of drug-likeness (QED) is 0.304. The number of amides is 2. The molecule has 9 heteroatoms. The number of carbonyl (C=O) groups is 4. The van der Waals surface area contributed by atoms with Crippen molar-refractivity contribution in [3.63, 3.8) is 0 Å². The number of aliphatic carboxylic acids is 2. The fourth-order valence-corrected chi connectivity index (χ4v) is 1.29. The molecule has 116 valence electrons. The summed E-state index contributed by atoms with van der Waals surface area (Å²) in [5.74, 6) is -1.62. The number of carboxylic acids is 2. The molecule has 0 saturated carbocycles. The van der Waals surface area contributed by atoms with Gasteiger partial charge >= 0.3 is 11.9 Å². The molecule has 0 radical (unpaired) electrons. The van der Waals surface area contributed by atoms with Crippen molar-refractivity contribution in [2.24, 2.45) is 5.73 Å². The van der Waals surface area contributed by atoms with Crippen molar-refractivity contribution in [3.8, 4) is 12.3 Å². The summed E-state index contributed by atoms with van der Waals surface area (Å²) in [6, 6.07) is -2.26. The lowest BCUT2D eigenvalue weighted by molar-refractivity contribution is -0.139. The highest BCUT2D eigenvalue weighted by molar-refractivity contribution is 5.89. The minimum atomic E-state index is -1.23. The highest BCUT2D eigenvalue weighted by atomic mass is 16.4. The number of nitrogens with two attached hydrogens (primary N) is 1. The van der Waals surface area contributed by atoms with Crippen molar-refractivity contribution in [3.05, 3.63) is 0 Å². The molecule has 0 fully saturated rings. The van der Waals surface area contributed by atoms with E-state index in [-0.39, 0.29) is 19.3 Å². The van der Waals surface area contributed by atoms with Crippen LogP contribution in [0.25, 0.3) is 0 Å². The number of nitrogens with one attached hydrogen (secondary N) is 2. The summed E-state index contributed by atoms with van der Waals surface area (Å²) in [5, 5.41) is 21.4. The molecule has 2 atom stereocenters. The minimum absolute atomic E-state index is 0.0965. The van der Waals surface area contributed by atoms with Crippen molar-refractivity contribution in [2.75, 3.05) is 6.54 Å². The van der Waals surface area contributed by atoms with Gasteiger partial charge in [-0.05, 0) is 6.42 Å². The molecule has 0 aromatic heterocycles. The maximum absolute atomic E-state index is 11.6. The summed E-state index contributed by atoms with van der Waals surface area (Å²) < 4.78 is 0. The fraction of sp³-hybridized carbons (Fsp3) is 0.500. The van der Waals surface area contributed by atoms with Crippen LogP contribution in [0.4, 0.5) is 0 Å². The van der Waals surface area contributed by atoms with Crippen molar-refractivity contribution in [2.45, 2.75) is 31.3 Å². The predicted octanol–water partition coefficient (Wildman–Crippen LogP) is -2.11. The molecule has 0 aliphatic carbocycles. The fourth-order valence-electron chi connectivity index (χ4n) is 1.29. The topological polar surface area (TPSA) is 159 Å². The molecule has 0 rings (SSSR count). The molecule has 0 aromatic rings. The van der Waals surface area contributed by atoms with E-state index < -0.39 is 42.4 Å². The standard InChI is InChI=1S/C12H17N3O6/c1-2-3-8(11(19)14-6-10(17)18)15-9(16)5-4-7(13)12(20)21/h1,7-8H,3-6,13H2,(H,14,19)(H,15,16)(H,17,18)(H,20,21)/t7-,8?/m0/s1. The molecular formula is C12H17N3O6. The monoisotopic (exact) mass is 299 g/mol. The normalized spacial score (nSPS) is 12.6. The van der Waals surface area contributed by atoms with Crippen LogP contribution in [0.15, 0.2) is 0 Å². The largest absolute Gasteiger partial charge is 0.480 e. The van der Waals surface area contributed by atoms with Crippen LogP contribution in [0.2, 0.25) is 0 Å². The zero-order valence-electron chi connectivity index (χ0n) is 11.2. The second kappa shape index (κ2) is 9.33. The summed E-state index contributed by atoms with van der Waals surface area (Å²) in [5.41, 5.74) is 5.24. The van der Waals surface area contributed by atoms with E-state index in [0.29, 0.717) is 0 Å². The summed E-state index contributed by atoms with van der Waals surface area (Å²) in [6.07, 6.45) is 4.65. The number of hydrogen-bond donors (Lipinski definition) is 5. The van der Waals surface area contributed by atoms with Gasteiger partial charge in [0.05, 0.1) is 0 Å². The average Bonchev–Trinajstić information content (AvgIpc) is 2.41. The number of carbonyl (C=O) groups excluding carboxylic acids is 2. The Morgan fingerprint density at radius 1 is 1.24 bits per heavy atom. The van der Waals surface area contributed by atoms with Gasteiger partial charge in [-0.1, -0.05) is 0 Å². The number of carboxylic acid groups (broad SMARTS) is 2. The van der Waals surface area contributed by atoms with Crippen LogP contribution in [0, 0.1) is 12.3 Å². The van der Waals surface area contributed by atoms with Gasteiger partial charge in [0.15, 0.2) is 0 Å². The molecule has 0 aromatic carbocycles. The van der Waals surface area contributed by atoms with E-state index in [1.54, 1.807) is 0 Å². The third kappa shape index (κ3) is 8.22. The SMILES string of the molecule is C#CCC(NC(=O)CC[C@H](N)C(=O)O)C(=O)NCC(=O)O. The zero-order valence-corrected chi connectivity index (χ0v) is 11.2. The van der Waals surface area contributed by atoms with Crippen LogP contribution >= 0.6 is 0 Å². The maximum atomic E-state index is 11.6. The van der Waals surface area contributed by atoms with Crippen molar-refractivity contribution >= 4 is 23.8 Å². The summed E-state index contributed by atoms with van der Waals surface area (Å²) >= 11 is 0. The van der Waals surface area contributed by atoms with Crippen molar-refractivity contribution < 1.29 is 29.4 Å². The van der Waals surface area contributed by atoms with Crippen molar-refractivity contribution in [1.82, 2.24) is 10.6 Å². The van der Waals surface area contributed by atoms with Crippen LogP contribution < -0.4 is 16.4 Å². The van der Waals surface area contributed by atoms with Gasteiger partial charge in [-0.2, -0.15) is 0 Å². The summed E-state index contributed by atoms with van der Waals surface area (Å²) in [6.45, 7) is -0.598. The van der Waals surface area contributed by atoms with Gasteiger partial charge in [-0.15, -0.1) is 12.3 Å². The number of hydrogen-bond acceptors (Lipinski definition) is 5. The molecule has 0 heterocycles. The highest BCUT2D eigenvalue weighted by Gasteiger charge is 2.21. The first-order valence-corrected chi connectivity index (χ1v) is 5.98. The molecular weight excluding hydrogens is 282 g/mol. The second-order valence-corrected chi connectivity index (χ2v) is 4.12. The van der Waals surface area contributed by atoms with Gasteiger partial charge in [0.1, 0.15) is 18.6 Å². The Morgan fingerprint density at radius 3 is 2.33 bits per heavy atom. The average molecular weight is 299 g/mol. The second-order valence-electron chi connectivity index (χ2n) is 4.12. The van der Waals surface area contributed by atoms with Gasteiger partial charge in [0, 0.05) is 12.8 Å². The van der Waals surface area contributed by atoms with Crippen LogP contribution in [0.5, 0.6) is 0 Å². The van der Waals surface area contributed by atoms with Crippen LogP contribution in [0.3, 0.4) is 0 Å². The smallest absolute Gasteiger partial charge is 0.322 e. The number of terminal acetylenes is 1. The molecule has 2 amide bonds. The molecule has 9 nitrogen and oxygen atoms in total. The molecule has 0 aliphatic rings. The predicted molar refractivity (Wildman–Crippen MR) is 70.9 cm³/mol. The Hall–Kier alpha value is -2.60. The van der Waals surface area contributed by atoms with E-state index in [2.05, 4.69) is 16.6 Å². The minimum Gasteiger partial charge on any atom is -0.480 e. The lowest BCUT2D eigenvalue weighted by Gasteiger charge is -2.16. The summed E-state index contributed by atoms with van der Waals surface area (Å²) in [7, 11) is 0. The van der Waals surface area contributed by atoms with E-state index in [9.17, 15) is 19.2 Å². The van der Waals surface area contributed by atoms with E-state index in [0.717, 1.165) is 0 Å². The third-order valence-electron chi connectivity index (χ3n) is 2.39.